The molecule has 2 aromatic heterocycles. The highest BCUT2D eigenvalue weighted by molar-refractivity contribution is 6.02. The van der Waals surface area contributed by atoms with Gasteiger partial charge in [-0.1, -0.05) is 6.07 Å². The number of imidazole rings is 1. The lowest BCUT2D eigenvalue weighted by Gasteiger charge is -2.05. The van der Waals surface area contributed by atoms with Crippen molar-refractivity contribution in [1.29, 1.82) is 0 Å². The Morgan fingerprint density at radius 2 is 2.05 bits per heavy atom. The highest BCUT2D eigenvalue weighted by Gasteiger charge is 2.13. The van der Waals surface area contributed by atoms with Crippen molar-refractivity contribution in [3.8, 4) is 5.88 Å². The quantitative estimate of drug-likeness (QED) is 0.816. The van der Waals surface area contributed by atoms with Gasteiger partial charge in [-0.2, -0.15) is 4.98 Å². The largest absolute Gasteiger partial charge is 0.507 e. The lowest BCUT2D eigenvalue weighted by atomic mass is 10.1. The van der Waals surface area contributed by atoms with Crippen LogP contribution in [0.2, 0.25) is 0 Å². The van der Waals surface area contributed by atoms with Gasteiger partial charge >= 0.3 is 0 Å². The number of hydrogen-bond acceptors (Lipinski definition) is 4. The first-order valence-corrected chi connectivity index (χ1v) is 5.66. The molecule has 2 heterocycles. The standard InChI is InChI=1S/C14H10N2O3/c17-10-5-4-9(12(18)8-10)7-11-14(19)15-13-3-1-2-6-16(11)13/h1-8,18-19H. The van der Waals surface area contributed by atoms with Gasteiger partial charge in [-0.05, 0) is 30.4 Å². The topological polar surface area (TPSA) is 74.8 Å². The van der Waals surface area contributed by atoms with Gasteiger partial charge in [0.1, 0.15) is 17.1 Å². The van der Waals surface area contributed by atoms with Gasteiger partial charge in [0, 0.05) is 17.8 Å². The van der Waals surface area contributed by atoms with Gasteiger partial charge in [0.15, 0.2) is 5.78 Å². The zero-order valence-corrected chi connectivity index (χ0v) is 9.82. The van der Waals surface area contributed by atoms with E-state index in [-0.39, 0.29) is 17.4 Å². The molecule has 0 bridgehead atoms. The zero-order chi connectivity index (χ0) is 13.4. The van der Waals surface area contributed by atoms with Gasteiger partial charge in [-0.25, -0.2) is 0 Å². The predicted molar refractivity (Wildman–Crippen MR) is 69.7 cm³/mol. The summed E-state index contributed by atoms with van der Waals surface area (Å²) in [5.41, 5.74) is 1.50. The molecule has 19 heavy (non-hydrogen) atoms. The second kappa shape index (κ2) is 4.13. The molecular weight excluding hydrogens is 244 g/mol. The van der Waals surface area contributed by atoms with Crippen molar-refractivity contribution >= 4 is 17.5 Å². The Morgan fingerprint density at radius 3 is 2.84 bits per heavy atom. The molecule has 5 nitrogen and oxygen atoms in total. The maximum Gasteiger partial charge on any atom is 0.237 e. The second-order valence-electron chi connectivity index (χ2n) is 4.11. The van der Waals surface area contributed by atoms with E-state index in [9.17, 15) is 15.0 Å². The van der Waals surface area contributed by atoms with Gasteiger partial charge in [0.2, 0.25) is 5.88 Å². The molecule has 0 atom stereocenters. The monoisotopic (exact) mass is 254 g/mol. The molecule has 1 aliphatic carbocycles. The summed E-state index contributed by atoms with van der Waals surface area (Å²) in [4.78, 5) is 15.1. The normalized spacial score (nSPS) is 17.2. The molecule has 0 saturated heterocycles. The van der Waals surface area contributed by atoms with Crippen LogP contribution in [0.15, 0.2) is 54.0 Å². The van der Waals surface area contributed by atoms with E-state index in [1.165, 1.54) is 12.2 Å². The van der Waals surface area contributed by atoms with E-state index >= 15 is 0 Å². The fourth-order valence-electron chi connectivity index (χ4n) is 1.93. The Labute approximate surface area is 108 Å². The number of aliphatic hydroxyl groups excluding tert-OH is 1. The molecule has 2 aromatic rings. The summed E-state index contributed by atoms with van der Waals surface area (Å²) >= 11 is 0. The molecule has 94 valence electrons. The number of carbonyl (C=O) groups is 1. The molecule has 3 rings (SSSR count). The molecule has 0 radical (unpaired) electrons. The van der Waals surface area contributed by atoms with E-state index in [1.54, 1.807) is 22.7 Å². The van der Waals surface area contributed by atoms with E-state index in [0.717, 1.165) is 6.08 Å². The van der Waals surface area contributed by atoms with Crippen molar-refractivity contribution in [3.63, 3.8) is 0 Å². The number of aliphatic hydroxyl groups is 1. The van der Waals surface area contributed by atoms with Crippen LogP contribution in [0.1, 0.15) is 5.69 Å². The summed E-state index contributed by atoms with van der Waals surface area (Å²) in [6, 6.07) is 5.39. The fourth-order valence-corrected chi connectivity index (χ4v) is 1.93. The highest BCUT2D eigenvalue weighted by atomic mass is 16.3. The minimum absolute atomic E-state index is 0.127. The molecular formula is C14H10N2O3. The van der Waals surface area contributed by atoms with Crippen LogP contribution in [0.3, 0.4) is 0 Å². The van der Waals surface area contributed by atoms with Crippen LogP contribution in [0.4, 0.5) is 0 Å². The number of aromatic hydroxyl groups is 1. The lowest BCUT2D eigenvalue weighted by Crippen LogP contribution is -1.99. The summed E-state index contributed by atoms with van der Waals surface area (Å²) in [6.07, 6.45) is 7.31. The highest BCUT2D eigenvalue weighted by Crippen LogP contribution is 2.24. The number of nitrogens with zero attached hydrogens (tertiary/aromatic N) is 2. The van der Waals surface area contributed by atoms with Gasteiger partial charge in [-0.3, -0.25) is 9.20 Å². The van der Waals surface area contributed by atoms with Crippen LogP contribution in [-0.4, -0.2) is 25.4 Å². The molecule has 0 aromatic carbocycles. The minimum Gasteiger partial charge on any atom is -0.507 e. The summed E-state index contributed by atoms with van der Waals surface area (Å²) in [5, 5.41) is 19.5. The van der Waals surface area contributed by atoms with E-state index in [1.807, 2.05) is 12.1 Å². The van der Waals surface area contributed by atoms with Gasteiger partial charge in [0.05, 0.1) is 0 Å². The number of pyridine rings is 1. The molecule has 5 heteroatoms. The average molecular weight is 254 g/mol. The number of carbonyl (C=O) groups excluding carboxylic acids is 1. The molecule has 0 aliphatic heterocycles. The smallest absolute Gasteiger partial charge is 0.237 e. The van der Waals surface area contributed by atoms with Crippen LogP contribution < -0.4 is 0 Å². The number of aromatic nitrogens is 2. The number of ketones is 1. The van der Waals surface area contributed by atoms with Crippen molar-refractivity contribution < 1.29 is 15.0 Å². The SMILES string of the molecule is O=C1C=CC(=Cc2c(O)nc3ccccn23)C(O)=C1. The third kappa shape index (κ3) is 1.91. The predicted octanol–water partition coefficient (Wildman–Crippen LogP) is 2.00. The molecule has 0 fully saturated rings. The van der Waals surface area contributed by atoms with Crippen LogP contribution in [0, 0.1) is 0 Å². The molecule has 1 aliphatic rings. The van der Waals surface area contributed by atoms with Crippen LogP contribution in [-0.2, 0) is 4.79 Å². The van der Waals surface area contributed by atoms with Crippen LogP contribution in [0.5, 0.6) is 5.88 Å². The van der Waals surface area contributed by atoms with Crippen molar-refractivity contribution in [2.45, 2.75) is 0 Å². The maximum absolute atomic E-state index is 11.1. The Bertz CT molecular complexity index is 766. The van der Waals surface area contributed by atoms with Crippen molar-refractivity contribution in [2.75, 3.05) is 0 Å². The second-order valence-corrected chi connectivity index (χ2v) is 4.11. The Morgan fingerprint density at radius 1 is 1.21 bits per heavy atom. The first kappa shape index (κ1) is 11.3. The molecule has 0 unspecified atom stereocenters. The number of allylic oxidation sites excluding steroid dienone is 3. The van der Waals surface area contributed by atoms with Crippen LogP contribution >= 0.6 is 0 Å². The van der Waals surface area contributed by atoms with Crippen molar-refractivity contribution in [1.82, 2.24) is 9.38 Å². The molecule has 0 saturated carbocycles. The summed E-state index contributed by atoms with van der Waals surface area (Å²) in [7, 11) is 0. The molecule has 2 N–H and O–H groups in total. The first-order valence-electron chi connectivity index (χ1n) is 5.66. The van der Waals surface area contributed by atoms with Gasteiger partial charge < -0.3 is 10.2 Å². The summed E-state index contributed by atoms with van der Waals surface area (Å²) < 4.78 is 1.69. The third-order valence-corrected chi connectivity index (χ3v) is 2.84. The molecule has 0 spiro atoms. The van der Waals surface area contributed by atoms with E-state index < -0.39 is 0 Å². The van der Waals surface area contributed by atoms with Crippen molar-refractivity contribution in [2.24, 2.45) is 0 Å². The van der Waals surface area contributed by atoms with Crippen LogP contribution in [0.25, 0.3) is 11.7 Å². The van der Waals surface area contributed by atoms with Gasteiger partial charge in [-0.15, -0.1) is 0 Å². The minimum atomic E-state index is -0.267. The van der Waals surface area contributed by atoms with Crippen molar-refractivity contribution in [3.05, 3.63) is 59.7 Å². The summed E-state index contributed by atoms with van der Waals surface area (Å²) in [5.74, 6) is -0.522. The Hall–Kier alpha value is -2.82. The third-order valence-electron chi connectivity index (χ3n) is 2.84. The fraction of sp³-hybridized carbons (Fsp3) is 0. The summed E-state index contributed by atoms with van der Waals surface area (Å²) in [6.45, 7) is 0. The number of fused-ring (bicyclic) bond motifs is 1. The Balaban J connectivity index is 2.16. The first-order chi connectivity index (χ1) is 9.15. The zero-order valence-electron chi connectivity index (χ0n) is 9.82. The van der Waals surface area contributed by atoms with E-state index in [4.69, 9.17) is 0 Å². The maximum atomic E-state index is 11.1. The number of hydrogen-bond donors (Lipinski definition) is 2. The van der Waals surface area contributed by atoms with E-state index in [2.05, 4.69) is 4.98 Å². The van der Waals surface area contributed by atoms with Gasteiger partial charge in [0.25, 0.3) is 0 Å². The Kier molecular flexibility index (Phi) is 2.45. The average Bonchev–Trinajstić information content (AvgIpc) is 2.69. The van der Waals surface area contributed by atoms with E-state index in [0.29, 0.717) is 16.9 Å². The lowest BCUT2D eigenvalue weighted by molar-refractivity contribution is -0.110. The number of rotatable bonds is 1. The molecule has 0 amide bonds.